The zero-order valence-corrected chi connectivity index (χ0v) is 25.9. The Hall–Kier alpha value is -3.52. The molecule has 0 amide bonds. The molecule has 4 rings (SSSR count). The van der Waals surface area contributed by atoms with Crippen LogP contribution in [0.25, 0.3) is 10.9 Å². The number of likely N-dealkylation sites (tertiary alicyclic amines) is 1. The lowest BCUT2D eigenvalue weighted by atomic mass is 9.97. The number of nitrogens with one attached hydrogen (secondary N) is 1. The van der Waals surface area contributed by atoms with Gasteiger partial charge in [0, 0.05) is 23.6 Å². The Kier molecular flexibility index (Phi) is 10.2. The van der Waals surface area contributed by atoms with Crippen molar-refractivity contribution >= 4 is 22.8 Å². The van der Waals surface area contributed by atoms with Crippen molar-refractivity contribution in [3.8, 4) is 11.5 Å². The molecule has 2 heterocycles. The number of carbonyl (C=O) groups is 2. The molecule has 1 unspecified atom stereocenters. The van der Waals surface area contributed by atoms with Gasteiger partial charge in [-0.1, -0.05) is 18.2 Å². The van der Waals surface area contributed by atoms with E-state index in [9.17, 15) is 9.59 Å². The predicted octanol–water partition coefficient (Wildman–Crippen LogP) is 6.38. The fourth-order valence-electron chi connectivity index (χ4n) is 4.75. The van der Waals surface area contributed by atoms with Crippen LogP contribution in [-0.2, 0) is 25.7 Å². The molecule has 1 saturated heterocycles. The number of piperidine rings is 1. The predicted molar refractivity (Wildman–Crippen MR) is 163 cm³/mol. The van der Waals surface area contributed by atoms with E-state index in [0.717, 1.165) is 48.1 Å². The zero-order chi connectivity index (χ0) is 30.3. The number of H-pyrrole nitrogens is 1. The quantitative estimate of drug-likeness (QED) is 0.264. The number of aromatic amines is 1. The van der Waals surface area contributed by atoms with Crippen molar-refractivity contribution in [1.29, 1.82) is 0 Å². The Morgan fingerprint density at radius 2 is 1.62 bits per heavy atom. The van der Waals surface area contributed by atoms with Gasteiger partial charge in [0.2, 0.25) is 0 Å². The number of hydrogen-bond acceptors (Lipinski definition) is 7. The van der Waals surface area contributed by atoms with Crippen LogP contribution >= 0.6 is 0 Å². The van der Waals surface area contributed by atoms with Gasteiger partial charge in [-0.25, -0.2) is 0 Å². The van der Waals surface area contributed by atoms with Gasteiger partial charge in [0.1, 0.15) is 30.8 Å². The molecule has 1 aromatic heterocycles. The number of para-hydroxylation sites is 1. The zero-order valence-electron chi connectivity index (χ0n) is 25.9. The highest BCUT2D eigenvalue weighted by Crippen LogP contribution is 2.29. The third-order valence-electron chi connectivity index (χ3n) is 7.38. The maximum atomic E-state index is 12.9. The molecule has 1 fully saturated rings. The van der Waals surface area contributed by atoms with E-state index in [1.54, 1.807) is 0 Å². The second kappa shape index (κ2) is 13.6. The van der Waals surface area contributed by atoms with Gasteiger partial charge in [0.15, 0.2) is 0 Å². The Morgan fingerprint density at radius 3 is 2.29 bits per heavy atom. The first-order valence-electron chi connectivity index (χ1n) is 14.9. The number of ether oxygens (including phenoxy) is 4. The minimum atomic E-state index is -0.620. The summed E-state index contributed by atoms with van der Waals surface area (Å²) in [6.45, 7) is 14.5. The lowest BCUT2D eigenvalue weighted by molar-refractivity contribution is -0.161. The molecule has 0 bridgehead atoms. The molecule has 8 heteroatoms. The van der Waals surface area contributed by atoms with Gasteiger partial charge in [-0.3, -0.25) is 14.5 Å². The Balaban J connectivity index is 1.38. The van der Waals surface area contributed by atoms with Crippen LogP contribution in [-0.4, -0.2) is 60.8 Å². The number of nitrogens with zero attached hydrogens (tertiary/aromatic N) is 1. The summed E-state index contributed by atoms with van der Waals surface area (Å²) < 4.78 is 23.9. The van der Waals surface area contributed by atoms with Crippen LogP contribution < -0.4 is 9.47 Å². The number of benzene rings is 2. The van der Waals surface area contributed by atoms with Gasteiger partial charge in [-0.15, -0.1) is 0 Å². The molecule has 228 valence electrons. The molecule has 2 aromatic carbocycles. The molecule has 1 aliphatic rings. The van der Waals surface area contributed by atoms with Crippen molar-refractivity contribution in [1.82, 2.24) is 9.88 Å². The van der Waals surface area contributed by atoms with Crippen molar-refractivity contribution in [2.75, 3.05) is 32.8 Å². The summed E-state index contributed by atoms with van der Waals surface area (Å²) in [7, 11) is 0. The van der Waals surface area contributed by atoms with E-state index in [4.69, 9.17) is 18.9 Å². The molecular weight excluding hydrogens is 532 g/mol. The molecule has 1 aliphatic heterocycles. The summed E-state index contributed by atoms with van der Waals surface area (Å²) in [5.41, 5.74) is 0.506. The van der Waals surface area contributed by atoms with E-state index in [-0.39, 0.29) is 25.2 Å². The number of fused-ring (bicyclic) bond motifs is 1. The first-order valence-corrected chi connectivity index (χ1v) is 14.9. The van der Waals surface area contributed by atoms with E-state index < -0.39 is 16.9 Å². The molecule has 1 N–H and O–H groups in total. The summed E-state index contributed by atoms with van der Waals surface area (Å²) in [6, 6.07) is 15.7. The summed E-state index contributed by atoms with van der Waals surface area (Å²) in [5.74, 6) is 1.53. The smallest absolute Gasteiger partial charge is 0.311 e. The molecular formula is C34H46N2O6. The molecule has 1 atom stereocenters. The van der Waals surface area contributed by atoms with Crippen LogP contribution in [0.3, 0.4) is 0 Å². The van der Waals surface area contributed by atoms with Crippen molar-refractivity contribution < 1.29 is 28.5 Å². The van der Waals surface area contributed by atoms with Crippen LogP contribution in [0.5, 0.6) is 11.5 Å². The van der Waals surface area contributed by atoms with Crippen LogP contribution in [0.2, 0.25) is 0 Å². The fraction of sp³-hybridized carbons (Fsp3) is 0.529. The average molecular weight is 579 g/mol. The highest BCUT2D eigenvalue weighted by molar-refractivity contribution is 5.86. The third kappa shape index (κ3) is 8.99. The number of carbonyl (C=O) groups excluding carboxylic acids is 2. The Morgan fingerprint density at radius 1 is 0.929 bits per heavy atom. The van der Waals surface area contributed by atoms with Gasteiger partial charge in [-0.05, 0) is 109 Å². The largest absolute Gasteiger partial charge is 0.493 e. The normalized spacial score (nSPS) is 15.8. The van der Waals surface area contributed by atoms with Gasteiger partial charge in [0.05, 0.1) is 17.4 Å². The molecule has 3 aromatic rings. The fourth-order valence-corrected chi connectivity index (χ4v) is 4.75. The van der Waals surface area contributed by atoms with Crippen LogP contribution in [0.15, 0.2) is 54.7 Å². The van der Waals surface area contributed by atoms with Gasteiger partial charge < -0.3 is 23.9 Å². The average Bonchev–Trinajstić information content (AvgIpc) is 3.42. The SMILES string of the molecule is CC(C)(C)C(=O)OCc1cc(OCC(CN2CCC(COc3ccccc3)CC2)OC(=O)C(C)(C)C)c2cc[nH]c2c1. The lowest BCUT2D eigenvalue weighted by Gasteiger charge is -2.34. The van der Waals surface area contributed by atoms with E-state index in [1.165, 1.54) is 0 Å². The van der Waals surface area contributed by atoms with E-state index in [2.05, 4.69) is 9.88 Å². The molecule has 0 radical (unpaired) electrons. The summed E-state index contributed by atoms with van der Waals surface area (Å²) >= 11 is 0. The van der Waals surface area contributed by atoms with Crippen LogP contribution in [0.1, 0.15) is 59.9 Å². The maximum absolute atomic E-state index is 12.9. The third-order valence-corrected chi connectivity index (χ3v) is 7.38. The van der Waals surface area contributed by atoms with E-state index in [1.807, 2.05) is 96.3 Å². The first-order chi connectivity index (χ1) is 19.9. The van der Waals surface area contributed by atoms with Gasteiger partial charge >= 0.3 is 11.9 Å². The van der Waals surface area contributed by atoms with Crippen LogP contribution in [0.4, 0.5) is 0 Å². The van der Waals surface area contributed by atoms with E-state index >= 15 is 0 Å². The number of esters is 2. The van der Waals surface area contributed by atoms with Gasteiger partial charge in [-0.2, -0.15) is 0 Å². The summed E-state index contributed by atoms with van der Waals surface area (Å²) in [5, 5.41) is 0.918. The maximum Gasteiger partial charge on any atom is 0.311 e. The summed E-state index contributed by atoms with van der Waals surface area (Å²) in [4.78, 5) is 30.8. The number of aromatic nitrogens is 1. The number of rotatable bonds is 11. The second-order valence-electron chi connectivity index (χ2n) is 13.3. The van der Waals surface area contributed by atoms with Crippen molar-refractivity contribution in [2.24, 2.45) is 16.7 Å². The minimum Gasteiger partial charge on any atom is -0.493 e. The van der Waals surface area contributed by atoms with Crippen LogP contribution in [0, 0.1) is 16.7 Å². The standard InChI is InChI=1S/C34H46N2O6/c1-33(2,3)31(37)41-22-25-18-29-28(12-15-35-29)30(19-25)40-23-27(42-32(38)34(4,5)6)20-36-16-13-24(14-17-36)21-39-26-10-8-7-9-11-26/h7-12,15,18-19,24,27,35H,13-14,16-17,20-23H2,1-6H3. The van der Waals surface area contributed by atoms with Gasteiger partial charge in [0.25, 0.3) is 0 Å². The second-order valence-corrected chi connectivity index (χ2v) is 13.3. The van der Waals surface area contributed by atoms with Crippen molar-refractivity contribution in [3.05, 3.63) is 60.3 Å². The Labute approximate surface area is 249 Å². The van der Waals surface area contributed by atoms with Crippen molar-refractivity contribution in [3.63, 3.8) is 0 Å². The molecule has 0 aliphatic carbocycles. The highest BCUT2D eigenvalue weighted by Gasteiger charge is 2.30. The highest BCUT2D eigenvalue weighted by atomic mass is 16.6. The molecule has 8 nitrogen and oxygen atoms in total. The molecule has 42 heavy (non-hydrogen) atoms. The lowest BCUT2D eigenvalue weighted by Crippen LogP contribution is -2.44. The molecule has 0 spiro atoms. The first kappa shape index (κ1) is 31.4. The minimum absolute atomic E-state index is 0.146. The molecule has 0 saturated carbocycles. The van der Waals surface area contributed by atoms with Crippen molar-refractivity contribution in [2.45, 2.75) is 67.1 Å². The number of hydrogen-bond donors (Lipinski definition) is 1. The summed E-state index contributed by atoms with van der Waals surface area (Å²) in [6.07, 6.45) is 3.45. The monoisotopic (exact) mass is 578 g/mol. The van der Waals surface area contributed by atoms with E-state index in [0.29, 0.717) is 24.8 Å². The topological polar surface area (TPSA) is 90.1 Å². The Bertz CT molecular complexity index is 1310.